The predicted molar refractivity (Wildman–Crippen MR) is 88.1 cm³/mol. The third kappa shape index (κ3) is 3.09. The smallest absolute Gasteiger partial charge is 0.274 e. The molecule has 2 aromatic carbocycles. The van der Waals surface area contributed by atoms with Crippen LogP contribution in [0, 0.1) is 24.0 Å². The molecule has 0 atom stereocenters. The van der Waals surface area contributed by atoms with Crippen LogP contribution in [-0.4, -0.2) is 19.7 Å². The van der Waals surface area contributed by atoms with Gasteiger partial charge in [-0.3, -0.25) is 14.7 Å². The Balaban J connectivity index is 2.04. The van der Waals surface area contributed by atoms with Gasteiger partial charge in [0.05, 0.1) is 9.82 Å². The van der Waals surface area contributed by atoms with Gasteiger partial charge in [-0.05, 0) is 49.4 Å². The summed E-state index contributed by atoms with van der Waals surface area (Å²) in [5.74, 6) is 0.730. The number of benzene rings is 2. The van der Waals surface area contributed by atoms with Crippen LogP contribution in [0.5, 0.6) is 0 Å². The maximum Gasteiger partial charge on any atom is 0.283 e. The van der Waals surface area contributed by atoms with E-state index in [0.717, 1.165) is 17.1 Å². The van der Waals surface area contributed by atoms with Gasteiger partial charge < -0.3 is 0 Å². The molecule has 0 unspecified atom stereocenters. The van der Waals surface area contributed by atoms with Crippen molar-refractivity contribution in [2.75, 3.05) is 0 Å². The van der Waals surface area contributed by atoms with Gasteiger partial charge in [-0.15, -0.1) is 10.2 Å². The SMILES string of the molecule is Cc1ccc(Sc2nnc(C)n2-c2ccccc2)c([N+](=O)[O-])c1. The van der Waals surface area contributed by atoms with Crippen molar-refractivity contribution >= 4 is 17.4 Å². The van der Waals surface area contributed by atoms with Gasteiger partial charge in [-0.2, -0.15) is 0 Å². The number of hydrogen-bond donors (Lipinski definition) is 0. The first-order valence-corrected chi connectivity index (χ1v) is 7.78. The van der Waals surface area contributed by atoms with E-state index in [1.807, 2.05) is 54.8 Å². The Morgan fingerprint density at radius 2 is 1.83 bits per heavy atom. The summed E-state index contributed by atoms with van der Waals surface area (Å²) >= 11 is 1.24. The monoisotopic (exact) mass is 326 g/mol. The van der Waals surface area contributed by atoms with Crippen molar-refractivity contribution in [2.24, 2.45) is 0 Å². The van der Waals surface area contributed by atoms with Crippen molar-refractivity contribution in [2.45, 2.75) is 23.9 Å². The third-order valence-corrected chi connectivity index (χ3v) is 4.33. The summed E-state index contributed by atoms with van der Waals surface area (Å²) in [6, 6.07) is 14.9. The molecular weight excluding hydrogens is 312 g/mol. The molecule has 1 aromatic heterocycles. The average Bonchev–Trinajstić information content (AvgIpc) is 2.90. The first-order chi connectivity index (χ1) is 11.1. The van der Waals surface area contributed by atoms with Gasteiger partial charge in [0.15, 0.2) is 0 Å². The van der Waals surface area contributed by atoms with E-state index >= 15 is 0 Å². The number of para-hydroxylation sites is 1. The molecule has 0 radical (unpaired) electrons. The van der Waals surface area contributed by atoms with E-state index in [9.17, 15) is 10.1 Å². The zero-order valence-corrected chi connectivity index (χ0v) is 13.4. The molecule has 0 spiro atoms. The van der Waals surface area contributed by atoms with E-state index in [4.69, 9.17) is 0 Å². The number of nitrogens with zero attached hydrogens (tertiary/aromatic N) is 4. The Hall–Kier alpha value is -2.67. The first kappa shape index (κ1) is 15.2. The van der Waals surface area contributed by atoms with Crippen molar-refractivity contribution < 1.29 is 4.92 Å². The molecule has 0 aliphatic rings. The lowest BCUT2D eigenvalue weighted by Gasteiger charge is -2.08. The van der Waals surface area contributed by atoms with Crippen molar-refractivity contribution in [3.8, 4) is 5.69 Å². The molecule has 116 valence electrons. The van der Waals surface area contributed by atoms with Crippen LogP contribution in [0.2, 0.25) is 0 Å². The Bertz CT molecular complexity index is 862. The molecule has 0 amide bonds. The Morgan fingerprint density at radius 3 is 2.52 bits per heavy atom. The summed E-state index contributed by atoms with van der Waals surface area (Å²) in [6.07, 6.45) is 0. The minimum atomic E-state index is -0.370. The third-order valence-electron chi connectivity index (χ3n) is 3.32. The van der Waals surface area contributed by atoms with Gasteiger partial charge in [-0.1, -0.05) is 24.3 Å². The lowest BCUT2D eigenvalue weighted by Crippen LogP contribution is -1.99. The van der Waals surface area contributed by atoms with E-state index in [1.165, 1.54) is 11.8 Å². The zero-order chi connectivity index (χ0) is 16.4. The van der Waals surface area contributed by atoms with E-state index in [2.05, 4.69) is 10.2 Å². The summed E-state index contributed by atoms with van der Waals surface area (Å²) in [7, 11) is 0. The number of hydrogen-bond acceptors (Lipinski definition) is 5. The molecule has 0 N–H and O–H groups in total. The molecule has 0 saturated carbocycles. The molecule has 0 aliphatic carbocycles. The average molecular weight is 326 g/mol. The van der Waals surface area contributed by atoms with E-state index in [-0.39, 0.29) is 10.6 Å². The zero-order valence-electron chi connectivity index (χ0n) is 12.6. The van der Waals surface area contributed by atoms with Gasteiger partial charge in [0.1, 0.15) is 5.82 Å². The van der Waals surface area contributed by atoms with Gasteiger partial charge >= 0.3 is 0 Å². The highest BCUT2D eigenvalue weighted by Crippen LogP contribution is 2.35. The fourth-order valence-corrected chi connectivity index (χ4v) is 3.22. The summed E-state index contributed by atoms with van der Waals surface area (Å²) < 4.78 is 1.88. The molecule has 0 fully saturated rings. The Kier molecular flexibility index (Phi) is 4.12. The molecule has 7 heteroatoms. The van der Waals surface area contributed by atoms with Crippen molar-refractivity contribution in [3.63, 3.8) is 0 Å². The highest BCUT2D eigenvalue weighted by molar-refractivity contribution is 7.99. The summed E-state index contributed by atoms with van der Waals surface area (Å²) in [4.78, 5) is 11.5. The molecule has 3 aromatic rings. The van der Waals surface area contributed by atoms with Crippen LogP contribution in [0.1, 0.15) is 11.4 Å². The van der Waals surface area contributed by atoms with Crippen LogP contribution in [-0.2, 0) is 0 Å². The molecular formula is C16H14N4O2S. The number of aromatic nitrogens is 3. The first-order valence-electron chi connectivity index (χ1n) is 6.96. The van der Waals surface area contributed by atoms with Crippen LogP contribution < -0.4 is 0 Å². The van der Waals surface area contributed by atoms with Gasteiger partial charge in [0, 0.05) is 11.8 Å². The second kappa shape index (κ2) is 6.21. The second-order valence-electron chi connectivity index (χ2n) is 5.03. The lowest BCUT2D eigenvalue weighted by atomic mass is 10.2. The fraction of sp³-hybridized carbons (Fsp3) is 0.125. The van der Waals surface area contributed by atoms with Crippen molar-refractivity contribution in [3.05, 3.63) is 70.0 Å². The summed E-state index contributed by atoms with van der Waals surface area (Å²) in [5.41, 5.74) is 1.85. The van der Waals surface area contributed by atoms with Gasteiger partial charge in [-0.25, -0.2) is 0 Å². The standard InChI is InChI=1S/C16H14N4O2S/c1-11-8-9-15(14(10-11)20(21)22)23-16-18-17-12(2)19(16)13-6-4-3-5-7-13/h3-10H,1-2H3. The fourth-order valence-electron chi connectivity index (χ4n) is 2.24. The normalized spacial score (nSPS) is 10.7. The van der Waals surface area contributed by atoms with Crippen LogP contribution >= 0.6 is 11.8 Å². The van der Waals surface area contributed by atoms with Crippen molar-refractivity contribution in [1.29, 1.82) is 0 Å². The maximum atomic E-state index is 11.3. The van der Waals surface area contributed by atoms with Crippen molar-refractivity contribution in [1.82, 2.24) is 14.8 Å². The molecule has 0 aliphatic heterocycles. The van der Waals surface area contributed by atoms with E-state index in [1.54, 1.807) is 12.1 Å². The number of aryl methyl sites for hydroxylation is 2. The van der Waals surface area contributed by atoms with Gasteiger partial charge in [0.25, 0.3) is 5.69 Å². The lowest BCUT2D eigenvalue weighted by molar-refractivity contribution is -0.387. The number of nitro groups is 1. The van der Waals surface area contributed by atoms with Crippen LogP contribution in [0.3, 0.4) is 0 Å². The highest BCUT2D eigenvalue weighted by atomic mass is 32.2. The molecule has 0 bridgehead atoms. The molecule has 3 rings (SSSR count). The predicted octanol–water partition coefficient (Wildman–Crippen LogP) is 3.94. The minimum absolute atomic E-state index is 0.0789. The molecule has 1 heterocycles. The van der Waals surface area contributed by atoms with Crippen LogP contribution in [0.25, 0.3) is 5.69 Å². The Labute approximate surface area is 137 Å². The quantitative estimate of drug-likeness (QED) is 0.536. The van der Waals surface area contributed by atoms with Crippen LogP contribution in [0.15, 0.2) is 58.6 Å². The number of nitro benzene ring substituents is 1. The highest BCUT2D eigenvalue weighted by Gasteiger charge is 2.19. The number of rotatable bonds is 4. The molecule has 6 nitrogen and oxygen atoms in total. The largest absolute Gasteiger partial charge is 0.283 e. The van der Waals surface area contributed by atoms with E-state index < -0.39 is 0 Å². The minimum Gasteiger partial charge on any atom is -0.274 e. The molecule has 0 saturated heterocycles. The summed E-state index contributed by atoms with van der Waals surface area (Å²) in [6.45, 7) is 3.69. The summed E-state index contributed by atoms with van der Waals surface area (Å²) in [5, 5.41) is 20.1. The maximum absolute atomic E-state index is 11.3. The molecule has 23 heavy (non-hydrogen) atoms. The van der Waals surface area contributed by atoms with E-state index in [0.29, 0.717) is 10.1 Å². The van der Waals surface area contributed by atoms with Gasteiger partial charge in [0.2, 0.25) is 5.16 Å². The van der Waals surface area contributed by atoms with Crippen LogP contribution in [0.4, 0.5) is 5.69 Å². The Morgan fingerprint density at radius 1 is 1.09 bits per heavy atom. The topological polar surface area (TPSA) is 73.8 Å². The second-order valence-corrected chi connectivity index (χ2v) is 6.04.